The Bertz CT molecular complexity index is 709. The summed E-state index contributed by atoms with van der Waals surface area (Å²) in [6, 6.07) is 7.52. The second-order valence-corrected chi connectivity index (χ2v) is 4.15. The second kappa shape index (κ2) is 5.43. The third-order valence-electron chi connectivity index (χ3n) is 2.80. The number of hydrogen-bond acceptors (Lipinski definition) is 5. The monoisotopic (exact) mass is 274 g/mol. The number of rotatable bonds is 4. The zero-order chi connectivity index (χ0) is 14.7. The Kier molecular flexibility index (Phi) is 3.69. The van der Waals surface area contributed by atoms with E-state index in [4.69, 9.17) is 16.2 Å². The van der Waals surface area contributed by atoms with Gasteiger partial charge in [-0.2, -0.15) is 0 Å². The van der Waals surface area contributed by atoms with Crippen molar-refractivity contribution in [1.82, 2.24) is 9.78 Å². The van der Waals surface area contributed by atoms with Gasteiger partial charge in [0.15, 0.2) is 0 Å². The molecule has 0 fully saturated rings. The Labute approximate surface area is 114 Å². The molecular formula is C13H14N4O3. The van der Waals surface area contributed by atoms with Crippen molar-refractivity contribution in [3.63, 3.8) is 0 Å². The molecule has 1 aromatic carbocycles. The third-order valence-corrected chi connectivity index (χ3v) is 2.80. The minimum atomic E-state index is -0.556. The number of benzene rings is 1. The maximum Gasteiger partial charge on any atom is 0.267 e. The Morgan fingerprint density at radius 2 is 2.10 bits per heavy atom. The van der Waals surface area contributed by atoms with Gasteiger partial charge in [-0.3, -0.25) is 9.59 Å². The van der Waals surface area contributed by atoms with Crippen LogP contribution in [0.1, 0.15) is 15.9 Å². The summed E-state index contributed by atoms with van der Waals surface area (Å²) in [6.45, 7) is 0.181. The van der Waals surface area contributed by atoms with Crippen LogP contribution in [0, 0.1) is 0 Å². The van der Waals surface area contributed by atoms with Crippen molar-refractivity contribution >= 4 is 11.6 Å². The van der Waals surface area contributed by atoms with Gasteiger partial charge < -0.3 is 16.2 Å². The summed E-state index contributed by atoms with van der Waals surface area (Å²) in [5, 5.41) is 4.02. The summed E-state index contributed by atoms with van der Waals surface area (Å²) in [5.74, 6) is -0.225. The van der Waals surface area contributed by atoms with Crippen LogP contribution in [-0.2, 0) is 6.54 Å². The topological polar surface area (TPSA) is 113 Å². The van der Waals surface area contributed by atoms with Crippen molar-refractivity contribution in [3.05, 3.63) is 51.8 Å². The molecule has 1 heterocycles. The number of amides is 1. The first-order valence-corrected chi connectivity index (χ1v) is 5.81. The quantitative estimate of drug-likeness (QED) is 0.761. The van der Waals surface area contributed by atoms with Gasteiger partial charge in [-0.25, -0.2) is 4.68 Å². The summed E-state index contributed by atoms with van der Waals surface area (Å²) in [6.07, 6.45) is 0. The number of nitrogens with zero attached hydrogens (tertiary/aromatic N) is 2. The van der Waals surface area contributed by atoms with Crippen LogP contribution < -0.4 is 21.8 Å². The highest BCUT2D eigenvalue weighted by Crippen LogP contribution is 2.15. The number of ether oxygens (including phenoxy) is 1. The summed E-state index contributed by atoms with van der Waals surface area (Å²) < 4.78 is 6.20. The van der Waals surface area contributed by atoms with Gasteiger partial charge in [-0.15, -0.1) is 5.10 Å². The Morgan fingerprint density at radius 3 is 2.70 bits per heavy atom. The first-order chi connectivity index (χ1) is 9.51. The molecule has 0 unspecified atom stereocenters. The fraction of sp³-hybridized carbons (Fsp3) is 0.154. The van der Waals surface area contributed by atoms with E-state index in [1.165, 1.54) is 30.0 Å². The summed E-state index contributed by atoms with van der Waals surface area (Å²) >= 11 is 0. The SMILES string of the molecule is COc1ccc(=O)n(Cc2ccc(C(N)=O)cc2N)n1. The van der Waals surface area contributed by atoms with Gasteiger partial charge in [0.2, 0.25) is 11.8 Å². The van der Waals surface area contributed by atoms with Crippen molar-refractivity contribution in [2.75, 3.05) is 12.8 Å². The molecule has 4 N–H and O–H groups in total. The maximum absolute atomic E-state index is 11.7. The molecule has 0 saturated heterocycles. The van der Waals surface area contributed by atoms with Crippen LogP contribution in [0.2, 0.25) is 0 Å². The van der Waals surface area contributed by atoms with E-state index >= 15 is 0 Å². The molecule has 0 aliphatic heterocycles. The van der Waals surface area contributed by atoms with E-state index in [1.54, 1.807) is 12.1 Å². The van der Waals surface area contributed by atoms with Gasteiger partial charge in [0.05, 0.1) is 13.7 Å². The van der Waals surface area contributed by atoms with E-state index in [-0.39, 0.29) is 12.1 Å². The average molecular weight is 274 g/mol. The smallest absolute Gasteiger partial charge is 0.267 e. The number of nitrogens with two attached hydrogens (primary N) is 2. The van der Waals surface area contributed by atoms with Crippen molar-refractivity contribution in [2.24, 2.45) is 5.73 Å². The van der Waals surface area contributed by atoms with Crippen molar-refractivity contribution in [2.45, 2.75) is 6.54 Å². The molecule has 20 heavy (non-hydrogen) atoms. The van der Waals surface area contributed by atoms with Gasteiger partial charge in [-0.1, -0.05) is 6.07 Å². The first kappa shape index (κ1) is 13.6. The molecule has 1 amide bonds. The first-order valence-electron chi connectivity index (χ1n) is 5.81. The number of carbonyl (C=O) groups excluding carboxylic acids is 1. The van der Waals surface area contributed by atoms with Crippen LogP contribution in [0.25, 0.3) is 0 Å². The molecule has 0 saturated carbocycles. The van der Waals surface area contributed by atoms with Gasteiger partial charge in [-0.05, 0) is 17.7 Å². The van der Waals surface area contributed by atoms with E-state index in [0.29, 0.717) is 22.7 Å². The molecule has 7 nitrogen and oxygen atoms in total. The van der Waals surface area contributed by atoms with Gasteiger partial charge in [0.25, 0.3) is 5.56 Å². The molecule has 0 aliphatic carbocycles. The number of methoxy groups -OCH3 is 1. The largest absolute Gasteiger partial charge is 0.480 e. The van der Waals surface area contributed by atoms with Crippen LogP contribution in [-0.4, -0.2) is 22.8 Å². The van der Waals surface area contributed by atoms with Crippen LogP contribution >= 0.6 is 0 Å². The minimum Gasteiger partial charge on any atom is -0.480 e. The van der Waals surface area contributed by atoms with E-state index in [9.17, 15) is 9.59 Å². The molecule has 0 aliphatic rings. The highest BCUT2D eigenvalue weighted by molar-refractivity contribution is 5.93. The zero-order valence-corrected chi connectivity index (χ0v) is 10.9. The summed E-state index contributed by atoms with van der Waals surface area (Å²) in [4.78, 5) is 22.8. The standard InChI is InChI=1S/C13H14N4O3/c1-20-11-4-5-12(18)17(16-11)7-9-3-2-8(13(15)19)6-10(9)14/h2-6H,7,14H2,1H3,(H2,15,19). The van der Waals surface area contributed by atoms with Gasteiger partial charge >= 0.3 is 0 Å². The third kappa shape index (κ3) is 2.77. The molecule has 0 atom stereocenters. The number of aromatic nitrogens is 2. The van der Waals surface area contributed by atoms with Crippen LogP contribution in [0.3, 0.4) is 0 Å². The predicted molar refractivity (Wildman–Crippen MR) is 73.5 cm³/mol. The van der Waals surface area contributed by atoms with Crippen molar-refractivity contribution in [3.8, 4) is 5.88 Å². The number of carbonyl (C=O) groups is 1. The molecule has 0 spiro atoms. The highest BCUT2D eigenvalue weighted by Gasteiger charge is 2.07. The van der Waals surface area contributed by atoms with E-state index in [0.717, 1.165) is 0 Å². The number of nitrogen functional groups attached to an aromatic ring is 1. The highest BCUT2D eigenvalue weighted by atomic mass is 16.5. The predicted octanol–water partition coefficient (Wildman–Crippen LogP) is -0.0187. The zero-order valence-electron chi connectivity index (χ0n) is 10.9. The molecule has 7 heteroatoms. The molecule has 2 aromatic rings. The fourth-order valence-electron chi connectivity index (χ4n) is 1.71. The maximum atomic E-state index is 11.7. The molecule has 0 radical (unpaired) electrons. The van der Waals surface area contributed by atoms with E-state index in [2.05, 4.69) is 5.10 Å². The Morgan fingerprint density at radius 1 is 1.35 bits per heavy atom. The lowest BCUT2D eigenvalue weighted by Gasteiger charge is -2.09. The molecule has 0 bridgehead atoms. The second-order valence-electron chi connectivity index (χ2n) is 4.15. The summed E-state index contributed by atoms with van der Waals surface area (Å²) in [7, 11) is 1.47. The van der Waals surface area contributed by atoms with Crippen molar-refractivity contribution in [1.29, 1.82) is 0 Å². The molecular weight excluding hydrogens is 260 g/mol. The van der Waals surface area contributed by atoms with E-state index in [1.807, 2.05) is 0 Å². The van der Waals surface area contributed by atoms with Crippen LogP contribution in [0.5, 0.6) is 5.88 Å². The Balaban J connectivity index is 2.35. The average Bonchev–Trinajstić information content (AvgIpc) is 2.43. The number of hydrogen-bond donors (Lipinski definition) is 2. The van der Waals surface area contributed by atoms with Crippen molar-refractivity contribution < 1.29 is 9.53 Å². The minimum absolute atomic E-state index is 0.181. The fourth-order valence-corrected chi connectivity index (χ4v) is 1.71. The lowest BCUT2D eigenvalue weighted by atomic mass is 10.1. The van der Waals surface area contributed by atoms with E-state index < -0.39 is 5.91 Å². The van der Waals surface area contributed by atoms with Crippen LogP contribution in [0.4, 0.5) is 5.69 Å². The Hall–Kier alpha value is -2.83. The van der Waals surface area contributed by atoms with Crippen LogP contribution in [0.15, 0.2) is 35.1 Å². The van der Waals surface area contributed by atoms with Gasteiger partial charge in [0, 0.05) is 23.4 Å². The molecule has 1 aromatic heterocycles. The lowest BCUT2D eigenvalue weighted by molar-refractivity contribution is 0.100. The molecule has 2 rings (SSSR count). The van der Waals surface area contributed by atoms with Gasteiger partial charge in [0.1, 0.15) is 0 Å². The summed E-state index contributed by atoms with van der Waals surface area (Å²) in [5.41, 5.74) is 12.1. The lowest BCUT2D eigenvalue weighted by Crippen LogP contribution is -2.23. The number of primary amides is 1. The normalized spacial score (nSPS) is 10.2. The molecule has 104 valence electrons. The number of anilines is 1.